The molecule has 0 spiro atoms. The van der Waals surface area contributed by atoms with Crippen molar-refractivity contribution >= 4 is 21.8 Å². The van der Waals surface area contributed by atoms with Crippen LogP contribution in [-0.4, -0.2) is 68.3 Å². The highest BCUT2D eigenvalue weighted by atomic mass is 32.2. The van der Waals surface area contributed by atoms with Gasteiger partial charge in [-0.05, 0) is 38.0 Å². The summed E-state index contributed by atoms with van der Waals surface area (Å²) in [6.07, 6.45) is 0.536. The smallest absolute Gasteiger partial charge is 0.247 e. The van der Waals surface area contributed by atoms with Crippen LogP contribution < -0.4 is 5.32 Å². The maximum Gasteiger partial charge on any atom is 0.247 e. The lowest BCUT2D eigenvalue weighted by molar-refractivity contribution is -0.153. The molecule has 33 heavy (non-hydrogen) atoms. The number of rotatable bonds is 9. The third-order valence-corrected chi connectivity index (χ3v) is 7.67. The summed E-state index contributed by atoms with van der Waals surface area (Å²) in [7, 11) is -2.38. The predicted octanol–water partition coefficient (Wildman–Crippen LogP) is 1.94. The Bertz CT molecular complexity index is 1070. The number of methoxy groups -OCH3 is 1. The standard InChI is InChI=1S/C24H31N3O5S/c1-19-10-12-21(13-11-19)33(30,31)26-17-22(28)27(14-7-15-32-3)24(2,18-26)23(29)25-16-20-8-5-4-6-9-20/h4-6,8-13H,7,14-18H2,1-3H3,(H,25,29)/t24-/m0/s1. The largest absolute Gasteiger partial charge is 0.385 e. The maximum absolute atomic E-state index is 13.4. The Labute approximate surface area is 195 Å². The number of amides is 2. The van der Waals surface area contributed by atoms with Crippen molar-refractivity contribution in [3.8, 4) is 0 Å². The third kappa shape index (κ3) is 5.61. The molecule has 9 heteroatoms. The van der Waals surface area contributed by atoms with E-state index in [1.165, 1.54) is 17.0 Å². The Kier molecular flexibility index (Phi) is 7.88. The summed E-state index contributed by atoms with van der Waals surface area (Å²) in [6.45, 7) is 4.03. The molecule has 1 saturated heterocycles. The van der Waals surface area contributed by atoms with Crippen LogP contribution in [0.1, 0.15) is 24.5 Å². The number of carbonyl (C=O) groups excluding carboxylic acids is 2. The van der Waals surface area contributed by atoms with Gasteiger partial charge in [0.05, 0.1) is 11.4 Å². The number of hydrogen-bond donors (Lipinski definition) is 1. The van der Waals surface area contributed by atoms with Crippen molar-refractivity contribution < 1.29 is 22.7 Å². The van der Waals surface area contributed by atoms with E-state index in [1.54, 1.807) is 26.2 Å². The van der Waals surface area contributed by atoms with Crippen molar-refractivity contribution in [2.75, 3.05) is 33.4 Å². The lowest BCUT2D eigenvalue weighted by atomic mass is 9.95. The van der Waals surface area contributed by atoms with Crippen LogP contribution >= 0.6 is 0 Å². The molecule has 2 aromatic rings. The van der Waals surface area contributed by atoms with Gasteiger partial charge >= 0.3 is 0 Å². The van der Waals surface area contributed by atoms with Crippen molar-refractivity contribution in [2.24, 2.45) is 0 Å². The Morgan fingerprint density at radius 2 is 1.79 bits per heavy atom. The molecule has 2 aromatic carbocycles. The van der Waals surface area contributed by atoms with Crippen molar-refractivity contribution in [3.63, 3.8) is 0 Å². The van der Waals surface area contributed by atoms with E-state index >= 15 is 0 Å². The number of benzene rings is 2. The van der Waals surface area contributed by atoms with Gasteiger partial charge in [0.2, 0.25) is 21.8 Å². The molecule has 2 amide bonds. The number of piperazine rings is 1. The highest BCUT2D eigenvalue weighted by molar-refractivity contribution is 7.89. The Morgan fingerprint density at radius 3 is 2.42 bits per heavy atom. The SMILES string of the molecule is COCCCN1C(=O)CN(S(=O)(=O)c2ccc(C)cc2)C[C@@]1(C)C(=O)NCc1ccccc1. The van der Waals surface area contributed by atoms with Gasteiger partial charge in [0.1, 0.15) is 5.54 Å². The molecule has 1 atom stereocenters. The molecule has 1 aliphatic heterocycles. The summed E-state index contributed by atoms with van der Waals surface area (Å²) in [6, 6.07) is 15.9. The lowest BCUT2D eigenvalue weighted by Gasteiger charge is -2.46. The average molecular weight is 474 g/mol. The molecule has 0 radical (unpaired) electrons. The number of carbonyl (C=O) groups is 2. The van der Waals surface area contributed by atoms with E-state index in [2.05, 4.69) is 5.32 Å². The average Bonchev–Trinajstić information content (AvgIpc) is 2.80. The second-order valence-corrected chi connectivity index (χ2v) is 10.4. The molecule has 1 aliphatic rings. The van der Waals surface area contributed by atoms with E-state index in [9.17, 15) is 18.0 Å². The Balaban J connectivity index is 1.88. The Hall–Kier alpha value is -2.75. The molecule has 1 fully saturated rings. The summed E-state index contributed by atoms with van der Waals surface area (Å²) in [5.41, 5.74) is 0.472. The van der Waals surface area contributed by atoms with E-state index in [1.807, 2.05) is 37.3 Å². The molecule has 0 bridgehead atoms. The molecule has 3 rings (SSSR count). The molecule has 1 N–H and O–H groups in total. The molecular formula is C24H31N3O5S. The van der Waals surface area contributed by atoms with Gasteiger partial charge in [0.15, 0.2) is 0 Å². The van der Waals surface area contributed by atoms with Gasteiger partial charge in [0.25, 0.3) is 0 Å². The van der Waals surface area contributed by atoms with Gasteiger partial charge in [-0.3, -0.25) is 9.59 Å². The lowest BCUT2D eigenvalue weighted by Crippen LogP contribution is -2.69. The van der Waals surface area contributed by atoms with Crippen LogP contribution in [0.4, 0.5) is 0 Å². The van der Waals surface area contributed by atoms with Crippen molar-refractivity contribution in [1.29, 1.82) is 0 Å². The van der Waals surface area contributed by atoms with Gasteiger partial charge in [-0.2, -0.15) is 4.31 Å². The normalized spacial score (nSPS) is 19.5. The topological polar surface area (TPSA) is 96.0 Å². The first-order valence-corrected chi connectivity index (χ1v) is 12.3. The molecule has 0 aliphatic carbocycles. The summed E-state index contributed by atoms with van der Waals surface area (Å²) in [4.78, 5) is 28.1. The van der Waals surface area contributed by atoms with Gasteiger partial charge in [0, 0.05) is 33.4 Å². The monoisotopic (exact) mass is 473 g/mol. The second kappa shape index (κ2) is 10.5. The van der Waals surface area contributed by atoms with Crippen molar-refractivity contribution in [1.82, 2.24) is 14.5 Å². The van der Waals surface area contributed by atoms with E-state index < -0.39 is 27.4 Å². The minimum absolute atomic E-state index is 0.0979. The van der Waals surface area contributed by atoms with Crippen LogP contribution in [0.2, 0.25) is 0 Å². The van der Waals surface area contributed by atoms with E-state index in [-0.39, 0.29) is 24.5 Å². The van der Waals surface area contributed by atoms with Crippen molar-refractivity contribution in [2.45, 2.75) is 37.2 Å². The molecule has 0 unspecified atom stereocenters. The fourth-order valence-corrected chi connectivity index (χ4v) is 5.41. The highest BCUT2D eigenvalue weighted by Gasteiger charge is 2.50. The van der Waals surface area contributed by atoms with Crippen LogP contribution in [0.5, 0.6) is 0 Å². The molecule has 0 aromatic heterocycles. The number of aryl methyl sites for hydroxylation is 1. The summed E-state index contributed by atoms with van der Waals surface area (Å²) < 4.78 is 32.8. The Morgan fingerprint density at radius 1 is 1.12 bits per heavy atom. The van der Waals surface area contributed by atoms with E-state index in [0.717, 1.165) is 15.4 Å². The number of nitrogens with one attached hydrogen (secondary N) is 1. The second-order valence-electron chi connectivity index (χ2n) is 8.42. The highest BCUT2D eigenvalue weighted by Crippen LogP contribution is 2.28. The fourth-order valence-electron chi connectivity index (χ4n) is 3.93. The van der Waals surface area contributed by atoms with E-state index in [0.29, 0.717) is 19.6 Å². The molecule has 0 saturated carbocycles. The molecule has 1 heterocycles. The van der Waals surface area contributed by atoms with Crippen LogP contribution in [0.3, 0.4) is 0 Å². The summed E-state index contributed by atoms with van der Waals surface area (Å²) in [5, 5.41) is 2.88. The quantitative estimate of drug-likeness (QED) is 0.562. The zero-order valence-electron chi connectivity index (χ0n) is 19.3. The third-order valence-electron chi connectivity index (χ3n) is 5.87. The first kappa shape index (κ1) is 24.9. The zero-order chi connectivity index (χ0) is 24.1. The maximum atomic E-state index is 13.4. The van der Waals surface area contributed by atoms with Crippen LogP contribution in [0.25, 0.3) is 0 Å². The van der Waals surface area contributed by atoms with Gasteiger partial charge < -0.3 is 15.0 Å². The molecular weight excluding hydrogens is 442 g/mol. The van der Waals surface area contributed by atoms with Crippen LogP contribution in [0.15, 0.2) is 59.5 Å². The predicted molar refractivity (Wildman–Crippen MR) is 125 cm³/mol. The number of ether oxygens (including phenoxy) is 1. The van der Waals surface area contributed by atoms with E-state index in [4.69, 9.17) is 4.74 Å². The minimum Gasteiger partial charge on any atom is -0.385 e. The number of hydrogen-bond acceptors (Lipinski definition) is 5. The van der Waals surface area contributed by atoms with Crippen LogP contribution in [-0.2, 0) is 30.9 Å². The first-order valence-electron chi connectivity index (χ1n) is 10.9. The van der Waals surface area contributed by atoms with Gasteiger partial charge in [-0.25, -0.2) is 8.42 Å². The first-order chi connectivity index (χ1) is 15.7. The molecule has 8 nitrogen and oxygen atoms in total. The van der Waals surface area contributed by atoms with Crippen molar-refractivity contribution in [3.05, 3.63) is 65.7 Å². The van der Waals surface area contributed by atoms with Gasteiger partial charge in [-0.15, -0.1) is 0 Å². The van der Waals surface area contributed by atoms with Gasteiger partial charge in [-0.1, -0.05) is 48.0 Å². The number of nitrogens with zero attached hydrogens (tertiary/aromatic N) is 2. The summed E-state index contributed by atoms with van der Waals surface area (Å²) in [5.74, 6) is -0.814. The molecule has 178 valence electrons. The zero-order valence-corrected chi connectivity index (χ0v) is 20.1. The summed E-state index contributed by atoms with van der Waals surface area (Å²) >= 11 is 0. The number of sulfonamides is 1. The minimum atomic E-state index is -3.95. The van der Waals surface area contributed by atoms with Crippen LogP contribution in [0, 0.1) is 6.92 Å². The fraction of sp³-hybridized carbons (Fsp3) is 0.417.